The minimum atomic E-state index is -3.95. The molecule has 11 heteroatoms. The second-order valence-electron chi connectivity index (χ2n) is 8.31. The van der Waals surface area contributed by atoms with E-state index in [2.05, 4.69) is 4.72 Å². The van der Waals surface area contributed by atoms with Gasteiger partial charge in [0.25, 0.3) is 5.56 Å². The third-order valence-corrected chi connectivity index (χ3v) is 7.59. The zero-order valence-corrected chi connectivity index (χ0v) is 20.0. The lowest BCUT2D eigenvalue weighted by Gasteiger charge is -2.29. The van der Waals surface area contributed by atoms with E-state index in [9.17, 15) is 22.8 Å². The van der Waals surface area contributed by atoms with Crippen molar-refractivity contribution in [1.82, 2.24) is 13.9 Å². The van der Waals surface area contributed by atoms with Crippen LogP contribution in [0.1, 0.15) is 48.7 Å². The number of carbonyl (C=O) groups excluding carboxylic acids is 1. The van der Waals surface area contributed by atoms with Crippen molar-refractivity contribution in [3.63, 3.8) is 0 Å². The van der Waals surface area contributed by atoms with E-state index in [0.29, 0.717) is 0 Å². The van der Waals surface area contributed by atoms with Crippen molar-refractivity contribution in [3.05, 3.63) is 56.4 Å². The van der Waals surface area contributed by atoms with E-state index in [0.717, 1.165) is 30.3 Å². The monoisotopic (exact) mass is 479 g/mol. The quantitative estimate of drug-likeness (QED) is 0.594. The minimum Gasteiger partial charge on any atom is -0.495 e. The second-order valence-corrected chi connectivity index (χ2v) is 9.99. The summed E-state index contributed by atoms with van der Waals surface area (Å²) < 4.78 is 41.6. The Morgan fingerprint density at radius 1 is 1.12 bits per heavy atom. The van der Waals surface area contributed by atoms with E-state index in [4.69, 9.17) is 9.47 Å². The number of methoxy groups -OCH3 is 1. The molecule has 1 aliphatic carbocycles. The topological polar surface area (TPSA) is 126 Å². The van der Waals surface area contributed by atoms with E-state index in [1.54, 1.807) is 0 Å². The number of hydrogen-bond acceptors (Lipinski definition) is 7. The van der Waals surface area contributed by atoms with Gasteiger partial charge in [0.05, 0.1) is 18.4 Å². The lowest BCUT2D eigenvalue weighted by atomic mass is 9.87. The zero-order chi connectivity index (χ0) is 24.3. The predicted octanol–water partition coefficient (Wildman–Crippen LogP) is 1.31. The van der Waals surface area contributed by atoms with Crippen molar-refractivity contribution >= 4 is 16.0 Å². The third kappa shape index (κ3) is 5.36. The molecule has 33 heavy (non-hydrogen) atoms. The summed E-state index contributed by atoms with van der Waals surface area (Å²) >= 11 is 0. The van der Waals surface area contributed by atoms with Crippen molar-refractivity contribution in [3.8, 4) is 5.75 Å². The van der Waals surface area contributed by atoms with E-state index in [1.165, 1.54) is 50.0 Å². The Bertz CT molecular complexity index is 1260. The molecule has 1 aromatic heterocycles. The Morgan fingerprint density at radius 3 is 2.48 bits per heavy atom. The summed E-state index contributed by atoms with van der Waals surface area (Å²) in [4.78, 5) is 36.4. The molecule has 1 saturated carbocycles. The molecule has 1 aromatic carbocycles. The Morgan fingerprint density at radius 2 is 1.82 bits per heavy atom. The van der Waals surface area contributed by atoms with Gasteiger partial charge in [-0.2, -0.15) is 0 Å². The number of nitrogens with zero attached hydrogens (tertiary/aromatic N) is 2. The highest BCUT2D eigenvalue weighted by atomic mass is 32.2. The fourth-order valence-electron chi connectivity index (χ4n) is 3.91. The molecule has 1 aliphatic rings. The first-order valence-electron chi connectivity index (χ1n) is 10.7. The molecule has 2 atom stereocenters. The Kier molecular flexibility index (Phi) is 7.43. The number of hydrogen-bond donors (Lipinski definition) is 1. The van der Waals surface area contributed by atoms with Crippen LogP contribution in [0.15, 0.2) is 38.8 Å². The lowest BCUT2D eigenvalue weighted by molar-refractivity contribution is 0.0462. The molecule has 0 radical (unpaired) electrons. The predicted molar refractivity (Wildman–Crippen MR) is 121 cm³/mol. The van der Waals surface area contributed by atoms with Gasteiger partial charge in [0.15, 0.2) is 0 Å². The lowest BCUT2D eigenvalue weighted by Crippen LogP contribution is -2.41. The zero-order valence-electron chi connectivity index (χ0n) is 19.2. The highest BCUT2D eigenvalue weighted by Crippen LogP contribution is 2.29. The fraction of sp³-hybridized carbons (Fsp3) is 0.500. The number of rotatable bonds is 7. The van der Waals surface area contributed by atoms with E-state index < -0.39 is 27.2 Å². The fourth-order valence-corrected chi connectivity index (χ4v) is 5.48. The van der Waals surface area contributed by atoms with Crippen LogP contribution in [0.25, 0.3) is 0 Å². The summed E-state index contributed by atoms with van der Waals surface area (Å²) in [6, 6.07) is 5.01. The van der Waals surface area contributed by atoms with E-state index in [-0.39, 0.29) is 40.5 Å². The maximum atomic E-state index is 13.1. The first kappa shape index (κ1) is 24.7. The molecule has 3 rings (SSSR count). The molecule has 180 valence electrons. The summed E-state index contributed by atoms with van der Waals surface area (Å²) in [6.07, 6.45) is 3.72. The number of carbonyl (C=O) groups is 1. The number of benzene rings is 1. The van der Waals surface area contributed by atoms with E-state index >= 15 is 0 Å². The molecule has 2 aromatic rings. The van der Waals surface area contributed by atoms with Crippen molar-refractivity contribution in [2.24, 2.45) is 20.0 Å². The van der Waals surface area contributed by atoms with Gasteiger partial charge in [0.2, 0.25) is 10.0 Å². The summed E-state index contributed by atoms with van der Waals surface area (Å²) in [5.41, 5.74) is -0.855. The maximum absolute atomic E-state index is 13.1. The molecule has 0 amide bonds. The Hall–Kier alpha value is -2.92. The van der Waals surface area contributed by atoms with Gasteiger partial charge in [-0.25, -0.2) is 22.7 Å². The SMILES string of the molecule is COc1ccc(C(=O)OCc2cc(=O)n(C)c(=O)n2C)cc1S(=O)(=O)NC1CCCCC1C. The average molecular weight is 480 g/mol. The molecule has 0 bridgehead atoms. The molecule has 1 fully saturated rings. The van der Waals surface area contributed by atoms with Crippen LogP contribution in [-0.4, -0.2) is 36.7 Å². The summed E-state index contributed by atoms with van der Waals surface area (Å²) in [5, 5.41) is 0. The standard InChI is InChI=1S/C22H29N3O7S/c1-14-7-5-6-8-17(14)23-33(29,30)19-11-15(9-10-18(19)31-4)21(27)32-13-16-12-20(26)25(3)22(28)24(16)2/h9-12,14,17,23H,5-8,13H2,1-4H3. The van der Waals surface area contributed by atoms with Crippen LogP contribution in [0.4, 0.5) is 0 Å². The van der Waals surface area contributed by atoms with Gasteiger partial charge in [-0.15, -0.1) is 0 Å². The van der Waals surface area contributed by atoms with Gasteiger partial charge in [0, 0.05) is 26.2 Å². The average Bonchev–Trinajstić information content (AvgIpc) is 2.79. The Balaban J connectivity index is 1.83. The molecule has 0 aliphatic heterocycles. The van der Waals surface area contributed by atoms with Crippen LogP contribution in [-0.2, 0) is 35.5 Å². The van der Waals surface area contributed by atoms with Crippen LogP contribution in [0.5, 0.6) is 5.75 Å². The normalized spacial score (nSPS) is 18.7. The number of esters is 1. The summed E-state index contributed by atoms with van der Waals surface area (Å²) in [6.45, 7) is 1.69. The van der Waals surface area contributed by atoms with Crippen LogP contribution in [0.2, 0.25) is 0 Å². The van der Waals surface area contributed by atoms with Gasteiger partial charge < -0.3 is 9.47 Å². The number of ether oxygens (including phenoxy) is 2. The van der Waals surface area contributed by atoms with Crippen molar-refractivity contribution in [1.29, 1.82) is 0 Å². The second kappa shape index (κ2) is 9.92. The third-order valence-electron chi connectivity index (χ3n) is 6.08. The maximum Gasteiger partial charge on any atom is 0.338 e. The van der Waals surface area contributed by atoms with Crippen molar-refractivity contribution in [2.45, 2.75) is 50.2 Å². The van der Waals surface area contributed by atoms with Crippen LogP contribution < -0.4 is 20.7 Å². The highest BCUT2D eigenvalue weighted by Gasteiger charge is 2.29. The molecule has 1 heterocycles. The van der Waals surface area contributed by atoms with Gasteiger partial charge in [-0.3, -0.25) is 13.9 Å². The first-order valence-corrected chi connectivity index (χ1v) is 12.2. The number of aromatic nitrogens is 2. The molecular weight excluding hydrogens is 450 g/mol. The van der Waals surface area contributed by atoms with Gasteiger partial charge in [0.1, 0.15) is 17.3 Å². The molecule has 10 nitrogen and oxygen atoms in total. The molecule has 1 N–H and O–H groups in total. The van der Waals surface area contributed by atoms with Gasteiger partial charge in [-0.1, -0.05) is 19.8 Å². The summed E-state index contributed by atoms with van der Waals surface area (Å²) in [5.74, 6) is -0.484. The molecular formula is C22H29N3O7S. The van der Waals surface area contributed by atoms with Gasteiger partial charge >= 0.3 is 11.7 Å². The first-order chi connectivity index (χ1) is 15.5. The smallest absolute Gasteiger partial charge is 0.338 e. The Labute approximate surface area is 192 Å². The van der Waals surface area contributed by atoms with Crippen molar-refractivity contribution < 1.29 is 22.7 Å². The minimum absolute atomic E-state index is 0.00158. The summed E-state index contributed by atoms with van der Waals surface area (Å²) in [7, 11) is 0.208. The van der Waals surface area contributed by atoms with Crippen molar-refractivity contribution in [2.75, 3.05) is 7.11 Å². The molecule has 2 unspecified atom stereocenters. The van der Waals surface area contributed by atoms with Crippen LogP contribution in [0.3, 0.4) is 0 Å². The highest BCUT2D eigenvalue weighted by molar-refractivity contribution is 7.89. The molecule has 0 spiro atoms. The van der Waals surface area contributed by atoms with Crippen LogP contribution >= 0.6 is 0 Å². The molecule has 0 saturated heterocycles. The number of sulfonamides is 1. The van der Waals surface area contributed by atoms with E-state index in [1.807, 2.05) is 6.92 Å². The largest absolute Gasteiger partial charge is 0.495 e. The van der Waals surface area contributed by atoms with Gasteiger partial charge in [-0.05, 0) is 37.0 Å². The number of nitrogens with one attached hydrogen (secondary N) is 1. The van der Waals surface area contributed by atoms with Crippen LogP contribution in [0, 0.1) is 5.92 Å².